The van der Waals surface area contributed by atoms with E-state index in [1.165, 1.54) is 13.0 Å². The first-order chi connectivity index (χ1) is 12.7. The molecule has 9 heteroatoms. The fraction of sp³-hybridized carbons (Fsp3) is 0.444. The third kappa shape index (κ3) is 8.23. The molecule has 27 heavy (non-hydrogen) atoms. The predicted molar refractivity (Wildman–Crippen MR) is 97.2 cm³/mol. The van der Waals surface area contributed by atoms with Crippen LogP contribution in [0.3, 0.4) is 0 Å². The van der Waals surface area contributed by atoms with Gasteiger partial charge in [0, 0.05) is 19.4 Å². The van der Waals surface area contributed by atoms with Crippen molar-refractivity contribution in [2.45, 2.75) is 44.6 Å². The molecule has 0 aliphatic heterocycles. The lowest BCUT2D eigenvalue weighted by Gasteiger charge is -2.22. The molecule has 1 N–H and O–H groups in total. The molecule has 2 rings (SSSR count). The van der Waals surface area contributed by atoms with Crippen LogP contribution in [0.1, 0.15) is 25.3 Å². The van der Waals surface area contributed by atoms with Crippen LogP contribution in [0, 0.1) is 0 Å². The zero-order valence-electron chi connectivity index (χ0n) is 15.2. The number of amides is 1. The molecule has 0 saturated carbocycles. The maximum absolute atomic E-state index is 12.1. The lowest BCUT2D eigenvalue weighted by atomic mass is 10.1. The van der Waals surface area contributed by atoms with Crippen LogP contribution in [0.4, 0.5) is 4.79 Å². The highest BCUT2D eigenvalue weighted by Crippen LogP contribution is 2.19. The Balaban J connectivity index is 1.98. The smallest absolute Gasteiger partial charge is 0.407 e. The molecule has 0 unspecified atom stereocenters. The summed E-state index contributed by atoms with van der Waals surface area (Å²) in [5, 5.41) is 2.68. The molecule has 0 saturated heterocycles. The molecule has 0 aromatic heterocycles. The maximum atomic E-state index is 12.1. The number of nitrogens with one attached hydrogen (secondary N) is 1. The number of hydrogen-bond donors (Lipinski definition) is 1. The minimum absolute atomic E-state index is 0.105. The fourth-order valence-electron chi connectivity index (χ4n) is 2.71. The molecule has 1 amide bonds. The van der Waals surface area contributed by atoms with E-state index in [-0.39, 0.29) is 19.4 Å². The van der Waals surface area contributed by atoms with Crippen molar-refractivity contribution in [1.29, 1.82) is 0 Å². The summed E-state index contributed by atoms with van der Waals surface area (Å²) in [5.41, 5.74) is 0.839. The van der Waals surface area contributed by atoms with Crippen LogP contribution in [-0.2, 0) is 35.2 Å². The second-order valence-corrected chi connectivity index (χ2v) is 7.85. The van der Waals surface area contributed by atoms with Gasteiger partial charge in [-0.2, -0.15) is 8.42 Å². The summed E-state index contributed by atoms with van der Waals surface area (Å²) in [6.07, 6.45) is 2.48. The minimum atomic E-state index is -3.68. The second kappa shape index (κ2) is 9.52. The number of carbonyl (C=O) groups is 2. The standard InChI is InChI=1S/C18H23NO7S/c1-13(20)25-16-8-9-17(26-27(2,22)23)11-15(10-16)19-18(21)24-12-14-6-4-3-5-7-14/h3-9,15-17H,10-12H2,1-2H3,(H,19,21)/t15-,16-,17+/m1/s1. The quantitative estimate of drug-likeness (QED) is 0.444. The van der Waals surface area contributed by atoms with E-state index < -0.39 is 40.4 Å². The normalized spacial score (nSPS) is 22.5. The summed E-state index contributed by atoms with van der Waals surface area (Å²) >= 11 is 0. The lowest BCUT2D eigenvalue weighted by molar-refractivity contribution is -0.144. The van der Waals surface area contributed by atoms with Crippen molar-refractivity contribution < 1.29 is 31.7 Å². The summed E-state index contributed by atoms with van der Waals surface area (Å²) in [7, 11) is -3.68. The molecule has 1 aromatic carbocycles. The number of rotatable bonds is 6. The van der Waals surface area contributed by atoms with Gasteiger partial charge in [0.2, 0.25) is 0 Å². The molecule has 0 fully saturated rings. The van der Waals surface area contributed by atoms with Gasteiger partial charge < -0.3 is 14.8 Å². The number of ether oxygens (including phenoxy) is 2. The van der Waals surface area contributed by atoms with Gasteiger partial charge in [0.15, 0.2) is 0 Å². The number of benzene rings is 1. The van der Waals surface area contributed by atoms with Crippen LogP contribution in [0.25, 0.3) is 0 Å². The second-order valence-electron chi connectivity index (χ2n) is 6.25. The molecule has 0 bridgehead atoms. The Hall–Kier alpha value is -2.39. The van der Waals surface area contributed by atoms with Crippen LogP contribution in [0.2, 0.25) is 0 Å². The molecule has 1 aromatic rings. The van der Waals surface area contributed by atoms with Crippen LogP contribution in [-0.4, -0.2) is 45.0 Å². The lowest BCUT2D eigenvalue weighted by Crippen LogP contribution is -2.39. The van der Waals surface area contributed by atoms with E-state index in [9.17, 15) is 18.0 Å². The van der Waals surface area contributed by atoms with E-state index in [4.69, 9.17) is 13.7 Å². The highest BCUT2D eigenvalue weighted by atomic mass is 32.2. The average molecular weight is 397 g/mol. The predicted octanol–water partition coefficient (Wildman–Crippen LogP) is 1.91. The number of alkyl carbamates (subject to hydrolysis) is 1. The van der Waals surface area contributed by atoms with Gasteiger partial charge in [-0.25, -0.2) is 4.79 Å². The molecule has 1 aliphatic carbocycles. The molecule has 8 nitrogen and oxygen atoms in total. The molecule has 0 heterocycles. The van der Waals surface area contributed by atoms with Gasteiger partial charge in [-0.05, 0) is 18.1 Å². The summed E-state index contributed by atoms with van der Waals surface area (Å²) < 4.78 is 38.2. The Morgan fingerprint density at radius 2 is 1.74 bits per heavy atom. The van der Waals surface area contributed by atoms with E-state index >= 15 is 0 Å². The maximum Gasteiger partial charge on any atom is 0.407 e. The molecular formula is C18H23NO7S. The van der Waals surface area contributed by atoms with Crippen LogP contribution in [0.15, 0.2) is 42.5 Å². The topological polar surface area (TPSA) is 108 Å². The summed E-state index contributed by atoms with van der Waals surface area (Å²) in [5.74, 6) is -0.475. The highest BCUT2D eigenvalue weighted by Gasteiger charge is 2.27. The molecular weight excluding hydrogens is 374 g/mol. The summed E-state index contributed by atoms with van der Waals surface area (Å²) in [6.45, 7) is 1.38. The number of carbonyl (C=O) groups excluding carboxylic acids is 2. The van der Waals surface area contributed by atoms with Crippen LogP contribution in [0.5, 0.6) is 0 Å². The molecule has 1 aliphatic rings. The summed E-state index contributed by atoms with van der Waals surface area (Å²) in [6, 6.07) is 8.69. The van der Waals surface area contributed by atoms with Gasteiger partial charge in [-0.15, -0.1) is 0 Å². The Labute approximate surface area is 158 Å². The van der Waals surface area contributed by atoms with E-state index in [1.54, 1.807) is 6.08 Å². The molecule has 3 atom stereocenters. The molecule has 148 valence electrons. The van der Waals surface area contributed by atoms with Crippen molar-refractivity contribution >= 4 is 22.2 Å². The summed E-state index contributed by atoms with van der Waals surface area (Å²) in [4.78, 5) is 23.3. The Bertz CT molecular complexity index is 776. The molecule has 0 radical (unpaired) electrons. The largest absolute Gasteiger partial charge is 0.458 e. The van der Waals surface area contributed by atoms with Crippen molar-refractivity contribution in [3.05, 3.63) is 48.0 Å². The van der Waals surface area contributed by atoms with Crippen molar-refractivity contribution in [3.8, 4) is 0 Å². The van der Waals surface area contributed by atoms with Gasteiger partial charge in [0.25, 0.3) is 10.1 Å². The van der Waals surface area contributed by atoms with Crippen LogP contribution >= 0.6 is 0 Å². The number of hydrogen-bond acceptors (Lipinski definition) is 7. The van der Waals surface area contributed by atoms with Crippen molar-refractivity contribution in [3.63, 3.8) is 0 Å². The van der Waals surface area contributed by atoms with E-state index in [0.29, 0.717) is 0 Å². The Morgan fingerprint density at radius 3 is 2.37 bits per heavy atom. The van der Waals surface area contributed by atoms with Crippen molar-refractivity contribution in [1.82, 2.24) is 5.32 Å². The van der Waals surface area contributed by atoms with E-state index in [2.05, 4.69) is 5.32 Å². The third-order valence-corrected chi connectivity index (χ3v) is 4.32. The Morgan fingerprint density at radius 1 is 1.11 bits per heavy atom. The van der Waals surface area contributed by atoms with E-state index in [0.717, 1.165) is 11.8 Å². The van der Waals surface area contributed by atoms with Crippen molar-refractivity contribution in [2.24, 2.45) is 0 Å². The zero-order valence-corrected chi connectivity index (χ0v) is 16.0. The fourth-order valence-corrected chi connectivity index (χ4v) is 3.30. The molecule has 0 spiro atoms. The van der Waals surface area contributed by atoms with Gasteiger partial charge in [0.1, 0.15) is 12.7 Å². The third-order valence-electron chi connectivity index (χ3n) is 3.72. The van der Waals surface area contributed by atoms with Gasteiger partial charge in [-0.1, -0.05) is 36.4 Å². The van der Waals surface area contributed by atoms with E-state index in [1.807, 2.05) is 30.3 Å². The Kier molecular flexibility index (Phi) is 7.37. The van der Waals surface area contributed by atoms with Crippen molar-refractivity contribution in [2.75, 3.05) is 6.26 Å². The first kappa shape index (κ1) is 20.9. The SMILES string of the molecule is CC(=O)O[C@@H]1C=C[C@H](OS(C)(=O)=O)C[C@H](NC(=O)OCc2ccccc2)C1. The first-order valence-corrected chi connectivity index (χ1v) is 10.2. The zero-order chi connectivity index (χ0) is 19.9. The average Bonchev–Trinajstić information content (AvgIpc) is 2.73. The van der Waals surface area contributed by atoms with Gasteiger partial charge in [0.05, 0.1) is 12.4 Å². The van der Waals surface area contributed by atoms with Crippen LogP contribution < -0.4 is 5.32 Å². The first-order valence-electron chi connectivity index (χ1n) is 8.42. The minimum Gasteiger partial charge on any atom is -0.458 e. The van der Waals surface area contributed by atoms with Gasteiger partial charge >= 0.3 is 12.1 Å². The number of esters is 1. The van der Waals surface area contributed by atoms with Gasteiger partial charge in [-0.3, -0.25) is 8.98 Å². The highest BCUT2D eigenvalue weighted by molar-refractivity contribution is 7.86. The monoisotopic (exact) mass is 397 g/mol.